The average Bonchev–Trinajstić information content (AvgIpc) is 3.48. The molecule has 260 valence electrons. The van der Waals surface area contributed by atoms with Crippen LogP contribution in [0, 0.1) is 6.92 Å². The Bertz CT molecular complexity index is 1830. The SMILES string of the molecule is CCCC(=O)N(C/C=N/c1ccc2cc3c(cc2c1NC)OCc1cc(-c2[nH]c(CN(C(=O)CCC)[C@@H](C)CC)nc2C)ccc1-3)CCC. The van der Waals surface area contributed by atoms with Crippen LogP contribution in [0.4, 0.5) is 11.4 Å². The molecule has 1 aromatic heterocycles. The average molecular weight is 665 g/mol. The van der Waals surface area contributed by atoms with Gasteiger partial charge in [0.05, 0.1) is 35.9 Å². The lowest BCUT2D eigenvalue weighted by atomic mass is 9.92. The summed E-state index contributed by atoms with van der Waals surface area (Å²) in [6, 6.07) is 15.1. The molecule has 0 saturated heterocycles. The maximum Gasteiger partial charge on any atom is 0.223 e. The molecule has 9 nitrogen and oxygen atoms in total. The Labute approximate surface area is 291 Å². The Balaban J connectivity index is 1.40. The van der Waals surface area contributed by atoms with Crippen LogP contribution in [-0.2, 0) is 22.7 Å². The molecule has 49 heavy (non-hydrogen) atoms. The molecule has 2 N–H and O–H groups in total. The molecule has 2 heterocycles. The van der Waals surface area contributed by atoms with E-state index in [1.165, 1.54) is 0 Å². The van der Waals surface area contributed by atoms with Gasteiger partial charge in [-0.3, -0.25) is 14.6 Å². The van der Waals surface area contributed by atoms with Crippen molar-refractivity contribution in [3.63, 3.8) is 0 Å². The van der Waals surface area contributed by atoms with Crippen molar-refractivity contribution >= 4 is 40.2 Å². The Morgan fingerprint density at radius 1 is 1.02 bits per heavy atom. The molecule has 4 aromatic rings. The number of aliphatic imine (C=N–C) groups is 1. The standard InChI is InChI=1S/C40H52N6O3/c1-8-12-37(47)45(19-10-3)20-18-42-34-17-15-28-22-33-31-16-14-29(21-30(31)25-49-35(33)23-32(28)40(34)41-7)39-27(6)43-36(44-39)24-46(26(5)11-4)38(48)13-9-2/h14-18,21-23,26,41H,8-13,19-20,24-25H2,1-7H3,(H,43,44)/b42-18+/t26-/m0/s1. The van der Waals surface area contributed by atoms with Gasteiger partial charge in [0.1, 0.15) is 18.2 Å². The Morgan fingerprint density at radius 2 is 1.80 bits per heavy atom. The molecular weight excluding hydrogens is 612 g/mol. The number of H-pyrrole nitrogens is 1. The van der Waals surface area contributed by atoms with Crippen molar-refractivity contribution in [2.45, 2.75) is 99.3 Å². The summed E-state index contributed by atoms with van der Waals surface area (Å²) in [6.45, 7) is 14.5. The first-order valence-corrected chi connectivity index (χ1v) is 17.9. The summed E-state index contributed by atoms with van der Waals surface area (Å²) >= 11 is 0. The first-order valence-electron chi connectivity index (χ1n) is 17.9. The maximum absolute atomic E-state index is 12.9. The molecule has 0 spiro atoms. The topological polar surface area (TPSA) is 103 Å². The number of carbonyl (C=O) groups excluding carboxylic acids is 2. The molecule has 3 aromatic carbocycles. The van der Waals surface area contributed by atoms with Crippen LogP contribution in [0.15, 0.2) is 47.5 Å². The van der Waals surface area contributed by atoms with Crippen LogP contribution in [0.2, 0.25) is 0 Å². The van der Waals surface area contributed by atoms with Crippen LogP contribution in [0.25, 0.3) is 33.2 Å². The van der Waals surface area contributed by atoms with Gasteiger partial charge in [-0.05, 0) is 80.3 Å². The molecule has 0 fully saturated rings. The second-order valence-corrected chi connectivity index (χ2v) is 13.0. The van der Waals surface area contributed by atoms with E-state index < -0.39 is 0 Å². The van der Waals surface area contributed by atoms with Crippen LogP contribution in [0.1, 0.15) is 90.2 Å². The highest BCUT2D eigenvalue weighted by atomic mass is 16.5. The number of aromatic nitrogens is 2. The lowest BCUT2D eigenvalue weighted by Gasteiger charge is -2.27. The van der Waals surface area contributed by atoms with Gasteiger partial charge in [-0.1, -0.05) is 45.9 Å². The van der Waals surface area contributed by atoms with E-state index in [-0.39, 0.29) is 17.9 Å². The van der Waals surface area contributed by atoms with Gasteiger partial charge in [-0.25, -0.2) is 4.98 Å². The first kappa shape index (κ1) is 35.6. The normalized spacial score (nSPS) is 12.8. The van der Waals surface area contributed by atoms with E-state index in [2.05, 4.69) is 67.5 Å². The molecule has 5 rings (SSSR count). The zero-order chi connectivity index (χ0) is 35.1. The van der Waals surface area contributed by atoms with Gasteiger partial charge in [0.2, 0.25) is 11.8 Å². The molecule has 0 saturated carbocycles. The van der Waals surface area contributed by atoms with Crippen LogP contribution in [-0.4, -0.2) is 64.0 Å². The lowest BCUT2D eigenvalue weighted by molar-refractivity contribution is -0.134. The second-order valence-electron chi connectivity index (χ2n) is 13.0. The molecular formula is C40H52N6O3. The van der Waals surface area contributed by atoms with Crippen LogP contribution < -0.4 is 10.1 Å². The van der Waals surface area contributed by atoms with E-state index in [4.69, 9.17) is 14.7 Å². The van der Waals surface area contributed by atoms with E-state index in [0.717, 1.165) is 99.6 Å². The number of hydrogen-bond donors (Lipinski definition) is 2. The van der Waals surface area contributed by atoms with Crippen molar-refractivity contribution in [3.8, 4) is 28.1 Å². The molecule has 2 amide bonds. The Kier molecular flexibility index (Phi) is 11.8. The van der Waals surface area contributed by atoms with Gasteiger partial charge >= 0.3 is 0 Å². The number of amides is 2. The lowest BCUT2D eigenvalue weighted by Crippen LogP contribution is -2.37. The Hall–Kier alpha value is -4.66. The monoisotopic (exact) mass is 664 g/mol. The summed E-state index contributed by atoms with van der Waals surface area (Å²) in [7, 11) is 1.91. The van der Waals surface area contributed by atoms with E-state index in [1.807, 2.05) is 49.9 Å². The quantitative estimate of drug-likeness (QED) is 0.124. The predicted octanol–water partition coefficient (Wildman–Crippen LogP) is 8.81. The number of aromatic amines is 1. The van der Waals surface area contributed by atoms with E-state index in [9.17, 15) is 9.59 Å². The van der Waals surface area contributed by atoms with Crippen molar-refractivity contribution in [3.05, 3.63) is 59.5 Å². The first-order chi connectivity index (χ1) is 23.7. The van der Waals surface area contributed by atoms with Crippen molar-refractivity contribution in [1.29, 1.82) is 0 Å². The molecule has 0 bridgehead atoms. The highest BCUT2D eigenvalue weighted by Gasteiger charge is 2.23. The van der Waals surface area contributed by atoms with Crippen LogP contribution >= 0.6 is 0 Å². The molecule has 1 atom stereocenters. The number of nitrogens with zero attached hydrogens (tertiary/aromatic N) is 4. The van der Waals surface area contributed by atoms with Gasteiger partial charge in [-0.15, -0.1) is 0 Å². The van der Waals surface area contributed by atoms with Crippen LogP contribution in [0.5, 0.6) is 5.75 Å². The molecule has 1 aliphatic heterocycles. The molecule has 0 unspecified atom stereocenters. The zero-order valence-electron chi connectivity index (χ0n) is 30.3. The highest BCUT2D eigenvalue weighted by molar-refractivity contribution is 6.03. The number of imidazole rings is 1. The third kappa shape index (κ3) is 7.82. The van der Waals surface area contributed by atoms with Crippen molar-refractivity contribution in [2.75, 3.05) is 25.5 Å². The summed E-state index contributed by atoms with van der Waals surface area (Å²) < 4.78 is 6.37. The number of hydrogen-bond acceptors (Lipinski definition) is 6. The fourth-order valence-corrected chi connectivity index (χ4v) is 6.63. The number of aryl methyl sites for hydroxylation is 1. The molecule has 0 aliphatic carbocycles. The highest BCUT2D eigenvalue weighted by Crippen LogP contribution is 2.44. The summed E-state index contributed by atoms with van der Waals surface area (Å²) in [5.74, 6) is 1.99. The number of carbonyl (C=O) groups is 2. The van der Waals surface area contributed by atoms with Gasteiger partial charge in [0.25, 0.3) is 0 Å². The number of nitrogens with one attached hydrogen (secondary N) is 2. The van der Waals surface area contributed by atoms with Crippen molar-refractivity contribution in [2.24, 2.45) is 4.99 Å². The number of ether oxygens (including phenoxy) is 1. The minimum Gasteiger partial charge on any atom is -0.488 e. The van der Waals surface area contributed by atoms with E-state index in [0.29, 0.717) is 32.5 Å². The summed E-state index contributed by atoms with van der Waals surface area (Å²) in [4.78, 5) is 42.4. The van der Waals surface area contributed by atoms with Gasteiger partial charge in [0.15, 0.2) is 0 Å². The van der Waals surface area contributed by atoms with E-state index >= 15 is 0 Å². The number of rotatable bonds is 15. The fourth-order valence-electron chi connectivity index (χ4n) is 6.63. The summed E-state index contributed by atoms with van der Waals surface area (Å²) in [5, 5.41) is 5.48. The zero-order valence-corrected chi connectivity index (χ0v) is 30.3. The van der Waals surface area contributed by atoms with Gasteiger partial charge < -0.3 is 24.8 Å². The minimum atomic E-state index is 0.150. The maximum atomic E-state index is 12.9. The third-order valence-electron chi connectivity index (χ3n) is 9.42. The van der Waals surface area contributed by atoms with E-state index in [1.54, 1.807) is 0 Å². The second kappa shape index (κ2) is 16.2. The number of benzene rings is 3. The third-order valence-corrected chi connectivity index (χ3v) is 9.42. The minimum absolute atomic E-state index is 0.150. The number of anilines is 1. The summed E-state index contributed by atoms with van der Waals surface area (Å²) in [5.41, 5.74) is 8.00. The molecule has 0 radical (unpaired) electrons. The predicted molar refractivity (Wildman–Crippen MR) is 201 cm³/mol. The summed E-state index contributed by atoms with van der Waals surface area (Å²) in [6.07, 6.45) is 6.43. The van der Waals surface area contributed by atoms with Crippen LogP contribution in [0.3, 0.4) is 0 Å². The molecule has 9 heteroatoms. The smallest absolute Gasteiger partial charge is 0.223 e. The largest absolute Gasteiger partial charge is 0.488 e. The van der Waals surface area contributed by atoms with Crippen molar-refractivity contribution in [1.82, 2.24) is 19.8 Å². The van der Waals surface area contributed by atoms with Gasteiger partial charge in [-0.2, -0.15) is 0 Å². The number of fused-ring (bicyclic) bond motifs is 4. The Morgan fingerprint density at radius 3 is 2.51 bits per heavy atom. The molecule has 1 aliphatic rings. The van der Waals surface area contributed by atoms with Crippen molar-refractivity contribution < 1.29 is 14.3 Å². The van der Waals surface area contributed by atoms with Gasteiger partial charge in [0, 0.05) is 55.2 Å². The fraction of sp³-hybridized carbons (Fsp3) is 0.450.